The molecule has 1 aliphatic heterocycles. The lowest BCUT2D eigenvalue weighted by atomic mass is 10.0. The van der Waals surface area contributed by atoms with Crippen molar-refractivity contribution >= 4 is 5.91 Å². The molecule has 0 radical (unpaired) electrons. The second-order valence-corrected chi connectivity index (χ2v) is 6.74. The molecule has 4 heteroatoms. The van der Waals surface area contributed by atoms with Gasteiger partial charge in [-0.15, -0.1) is 0 Å². The van der Waals surface area contributed by atoms with E-state index < -0.39 is 0 Å². The van der Waals surface area contributed by atoms with Gasteiger partial charge in [-0.25, -0.2) is 0 Å². The van der Waals surface area contributed by atoms with Crippen molar-refractivity contribution in [2.45, 2.75) is 25.4 Å². The summed E-state index contributed by atoms with van der Waals surface area (Å²) in [5.41, 5.74) is 0. The number of carbonyl (C=O) groups excluding carboxylic acids is 1. The molecular weight excluding hydrogens is 228 g/mol. The minimum atomic E-state index is -0.291. The molecule has 100 valence electrons. The monoisotopic (exact) mass is 250 g/mol. The van der Waals surface area contributed by atoms with Gasteiger partial charge in [-0.05, 0) is 42.9 Å². The summed E-state index contributed by atoms with van der Waals surface area (Å²) in [7, 11) is 0. The number of rotatable bonds is 3. The van der Waals surface area contributed by atoms with Crippen molar-refractivity contribution in [3.63, 3.8) is 0 Å². The summed E-state index contributed by atoms with van der Waals surface area (Å²) in [6.45, 7) is 2.13. The highest BCUT2D eigenvalue weighted by Crippen LogP contribution is 2.69. The molecule has 4 fully saturated rings. The van der Waals surface area contributed by atoms with Crippen LogP contribution in [0, 0.1) is 35.5 Å². The Labute approximate surface area is 108 Å². The van der Waals surface area contributed by atoms with E-state index >= 15 is 0 Å². The van der Waals surface area contributed by atoms with Gasteiger partial charge in [-0.2, -0.15) is 0 Å². The lowest BCUT2D eigenvalue weighted by Crippen LogP contribution is -2.36. The van der Waals surface area contributed by atoms with Crippen molar-refractivity contribution in [2.24, 2.45) is 35.5 Å². The normalized spacial score (nSPS) is 52.4. The van der Waals surface area contributed by atoms with E-state index in [0.717, 1.165) is 30.2 Å². The number of aliphatic hydroxyl groups excluding tert-OH is 1. The molecule has 4 rings (SSSR count). The number of aliphatic hydroxyl groups is 1. The molecule has 0 spiro atoms. The lowest BCUT2D eigenvalue weighted by molar-refractivity contribution is -0.123. The van der Waals surface area contributed by atoms with Crippen LogP contribution in [-0.4, -0.2) is 36.8 Å². The summed E-state index contributed by atoms with van der Waals surface area (Å²) in [6, 6.07) is 0. The maximum Gasteiger partial charge on any atom is 0.223 e. The van der Waals surface area contributed by atoms with Gasteiger partial charge in [-0.1, -0.05) is 0 Å². The third kappa shape index (κ3) is 1.55. The minimum absolute atomic E-state index is 0.198. The summed E-state index contributed by atoms with van der Waals surface area (Å²) < 4.78 is 0. The summed E-state index contributed by atoms with van der Waals surface area (Å²) >= 11 is 0. The molecular formula is C14H22N2O2. The number of β-amino-alcohol motifs (C(OH)–C–C–N with tert-alkyl or cyclic N) is 1. The van der Waals surface area contributed by atoms with Gasteiger partial charge in [-0.3, -0.25) is 4.79 Å². The van der Waals surface area contributed by atoms with Crippen molar-refractivity contribution in [3.8, 4) is 0 Å². The molecule has 0 aromatic carbocycles. The Bertz CT molecular complexity index is 357. The summed E-state index contributed by atoms with van der Waals surface area (Å²) in [4.78, 5) is 12.2. The SMILES string of the molecule is O=C(NCC1CNCC1O)C1C2C3CCC(C3)C12. The Balaban J connectivity index is 1.30. The number of hydrogen-bond acceptors (Lipinski definition) is 3. The van der Waals surface area contributed by atoms with Crippen LogP contribution in [0.2, 0.25) is 0 Å². The predicted octanol–water partition coefficient (Wildman–Crippen LogP) is -0.0250. The van der Waals surface area contributed by atoms with Gasteiger partial charge < -0.3 is 15.7 Å². The van der Waals surface area contributed by atoms with Crippen LogP contribution in [0.15, 0.2) is 0 Å². The molecule has 18 heavy (non-hydrogen) atoms. The topological polar surface area (TPSA) is 61.4 Å². The van der Waals surface area contributed by atoms with Gasteiger partial charge in [0.1, 0.15) is 0 Å². The zero-order valence-corrected chi connectivity index (χ0v) is 10.6. The van der Waals surface area contributed by atoms with E-state index in [4.69, 9.17) is 0 Å². The first kappa shape index (κ1) is 11.2. The van der Waals surface area contributed by atoms with Crippen molar-refractivity contribution in [1.82, 2.24) is 10.6 Å². The van der Waals surface area contributed by atoms with E-state index in [0.29, 0.717) is 19.0 Å². The van der Waals surface area contributed by atoms with E-state index in [1.165, 1.54) is 19.3 Å². The molecule has 3 N–H and O–H groups in total. The maximum absolute atomic E-state index is 12.2. The third-order valence-corrected chi connectivity index (χ3v) is 5.88. The van der Waals surface area contributed by atoms with E-state index in [9.17, 15) is 9.90 Å². The number of hydrogen-bond donors (Lipinski definition) is 3. The molecule has 4 nitrogen and oxygen atoms in total. The highest BCUT2D eigenvalue weighted by Gasteiger charge is 2.67. The first-order chi connectivity index (χ1) is 8.75. The van der Waals surface area contributed by atoms with Crippen molar-refractivity contribution in [2.75, 3.05) is 19.6 Å². The average Bonchev–Trinajstić information content (AvgIpc) is 2.69. The number of nitrogens with one attached hydrogen (secondary N) is 2. The van der Waals surface area contributed by atoms with E-state index in [-0.39, 0.29) is 17.9 Å². The van der Waals surface area contributed by atoms with Gasteiger partial charge in [0.25, 0.3) is 0 Å². The molecule has 1 saturated heterocycles. The van der Waals surface area contributed by atoms with Crippen molar-refractivity contribution in [1.29, 1.82) is 0 Å². The third-order valence-electron chi connectivity index (χ3n) is 5.88. The fraction of sp³-hybridized carbons (Fsp3) is 0.929. The molecule has 6 atom stereocenters. The lowest BCUT2D eigenvalue weighted by Gasteiger charge is -2.15. The second kappa shape index (κ2) is 3.94. The van der Waals surface area contributed by atoms with Crippen LogP contribution in [0.25, 0.3) is 0 Å². The number of carbonyl (C=O) groups is 1. The number of amides is 1. The summed E-state index contributed by atoms with van der Waals surface area (Å²) in [6.07, 6.45) is 3.83. The number of fused-ring (bicyclic) bond motifs is 5. The fourth-order valence-corrected chi connectivity index (χ4v) is 4.95. The van der Waals surface area contributed by atoms with E-state index in [1.54, 1.807) is 0 Å². The quantitative estimate of drug-likeness (QED) is 0.659. The van der Waals surface area contributed by atoms with Crippen molar-refractivity contribution in [3.05, 3.63) is 0 Å². The van der Waals surface area contributed by atoms with Crippen LogP contribution < -0.4 is 10.6 Å². The smallest absolute Gasteiger partial charge is 0.223 e. The minimum Gasteiger partial charge on any atom is -0.391 e. The molecule has 0 aromatic rings. The Kier molecular flexibility index (Phi) is 2.46. The van der Waals surface area contributed by atoms with Gasteiger partial charge >= 0.3 is 0 Å². The van der Waals surface area contributed by atoms with Crippen LogP contribution in [0.3, 0.4) is 0 Å². The molecule has 1 amide bonds. The Morgan fingerprint density at radius 2 is 1.94 bits per heavy atom. The van der Waals surface area contributed by atoms with E-state index in [1.807, 2.05) is 0 Å². The highest BCUT2D eigenvalue weighted by molar-refractivity contribution is 5.82. The van der Waals surface area contributed by atoms with Crippen LogP contribution in [-0.2, 0) is 4.79 Å². The molecule has 6 unspecified atom stereocenters. The Hall–Kier alpha value is -0.610. The predicted molar refractivity (Wildman–Crippen MR) is 66.7 cm³/mol. The van der Waals surface area contributed by atoms with Crippen LogP contribution in [0.4, 0.5) is 0 Å². The molecule has 4 aliphatic rings. The molecule has 3 saturated carbocycles. The summed E-state index contributed by atoms with van der Waals surface area (Å²) in [5.74, 6) is 3.93. The van der Waals surface area contributed by atoms with Gasteiger partial charge in [0, 0.05) is 31.5 Å². The largest absolute Gasteiger partial charge is 0.391 e. The average molecular weight is 250 g/mol. The Morgan fingerprint density at radius 3 is 2.56 bits per heavy atom. The van der Waals surface area contributed by atoms with Crippen LogP contribution in [0.5, 0.6) is 0 Å². The van der Waals surface area contributed by atoms with Crippen LogP contribution >= 0.6 is 0 Å². The van der Waals surface area contributed by atoms with Gasteiger partial charge in [0.2, 0.25) is 5.91 Å². The zero-order chi connectivity index (χ0) is 12.3. The molecule has 1 heterocycles. The first-order valence-corrected chi connectivity index (χ1v) is 7.42. The maximum atomic E-state index is 12.2. The van der Waals surface area contributed by atoms with Crippen molar-refractivity contribution < 1.29 is 9.90 Å². The highest BCUT2D eigenvalue weighted by atomic mass is 16.3. The molecule has 2 bridgehead atoms. The second-order valence-electron chi connectivity index (χ2n) is 6.74. The van der Waals surface area contributed by atoms with Crippen LogP contribution in [0.1, 0.15) is 19.3 Å². The Morgan fingerprint density at radius 1 is 1.22 bits per heavy atom. The standard InChI is InChI=1S/C14H22N2O2/c17-10-6-15-4-9(10)5-16-14(18)13-11-7-1-2-8(3-7)12(11)13/h7-13,15,17H,1-6H2,(H,16,18). The van der Waals surface area contributed by atoms with Gasteiger partial charge in [0.05, 0.1) is 6.10 Å². The van der Waals surface area contributed by atoms with Gasteiger partial charge in [0.15, 0.2) is 0 Å². The molecule has 3 aliphatic carbocycles. The molecule has 0 aromatic heterocycles. The zero-order valence-electron chi connectivity index (χ0n) is 10.6. The van der Waals surface area contributed by atoms with E-state index in [2.05, 4.69) is 10.6 Å². The summed E-state index contributed by atoms with van der Waals surface area (Å²) in [5, 5.41) is 15.9. The fourth-order valence-electron chi connectivity index (χ4n) is 4.95. The first-order valence-electron chi connectivity index (χ1n) is 7.42.